The van der Waals surface area contributed by atoms with Crippen LogP contribution in [0.25, 0.3) is 0 Å². The van der Waals surface area contributed by atoms with Crippen LogP contribution in [0, 0.1) is 30.3 Å². The van der Waals surface area contributed by atoms with Crippen molar-refractivity contribution in [3.8, 4) is 0 Å². The van der Waals surface area contributed by atoms with Gasteiger partial charge in [0.15, 0.2) is 0 Å². The van der Waals surface area contributed by atoms with Crippen molar-refractivity contribution in [3.05, 3.63) is 120 Å². The minimum Gasteiger partial charge on any atom is -0.393 e. The SMILES string of the molecule is O=C(C(=O)C(O)CO)c1ccc([N+](=O)[O-])cc1.O=C1C(O)COC1(O)c1ccc([N+](=O)[O-])cc1.O=[N+]([O-])c1ccc(C2(O)OCC(O)C2(O)O)cc1. The third-order valence-electron chi connectivity index (χ3n) is 7.48. The molecule has 0 radical (unpaired) electrons. The van der Waals surface area contributed by atoms with Crippen molar-refractivity contribution in [1.29, 1.82) is 0 Å². The van der Waals surface area contributed by atoms with Gasteiger partial charge in [-0.2, -0.15) is 0 Å². The number of rotatable bonds is 9. The number of hydrogen-bond acceptors (Lipinski definition) is 19. The van der Waals surface area contributed by atoms with E-state index in [0.717, 1.165) is 60.7 Å². The van der Waals surface area contributed by atoms with Crippen LogP contribution < -0.4 is 0 Å². The number of non-ortho nitro benzene ring substituents is 3. The molecule has 0 saturated carbocycles. The van der Waals surface area contributed by atoms with Crippen LogP contribution in [0.3, 0.4) is 0 Å². The van der Waals surface area contributed by atoms with Crippen molar-refractivity contribution >= 4 is 34.4 Å². The van der Waals surface area contributed by atoms with Crippen molar-refractivity contribution < 1.29 is 79.5 Å². The second-order valence-electron chi connectivity index (χ2n) is 10.8. The summed E-state index contributed by atoms with van der Waals surface area (Å²) in [5.41, 5.74) is -0.713. The molecule has 0 aliphatic carbocycles. The van der Waals surface area contributed by atoms with E-state index in [0.29, 0.717) is 0 Å². The van der Waals surface area contributed by atoms with Gasteiger partial charge in [0.2, 0.25) is 17.3 Å². The zero-order chi connectivity index (χ0) is 39.2. The second-order valence-corrected chi connectivity index (χ2v) is 10.8. The number of ketones is 3. The molecule has 8 N–H and O–H groups in total. The number of carbonyl (C=O) groups is 3. The van der Waals surface area contributed by atoms with Crippen LogP contribution in [-0.2, 0) is 30.6 Å². The molecule has 2 aliphatic rings. The highest BCUT2D eigenvalue weighted by atomic mass is 16.7. The fraction of sp³-hybridized carbons (Fsp3) is 0.300. The summed E-state index contributed by atoms with van der Waals surface area (Å²) in [6.45, 7) is -1.62. The Morgan fingerprint density at radius 1 is 0.731 bits per heavy atom. The average Bonchev–Trinajstić information content (AvgIpc) is 3.52. The molecular formula is C30H29N3O19. The van der Waals surface area contributed by atoms with E-state index in [2.05, 4.69) is 0 Å². The summed E-state index contributed by atoms with van der Waals surface area (Å²) in [7, 11) is 0. The van der Waals surface area contributed by atoms with Gasteiger partial charge in [-0.1, -0.05) is 0 Å². The fourth-order valence-electron chi connectivity index (χ4n) is 4.47. The average molecular weight is 736 g/mol. The van der Waals surface area contributed by atoms with Crippen molar-refractivity contribution in [2.24, 2.45) is 0 Å². The predicted octanol–water partition coefficient (Wildman–Crippen LogP) is -1.79. The topological polar surface area (TPSA) is 361 Å². The number of nitrogens with zero attached hydrogens (tertiary/aromatic N) is 3. The van der Waals surface area contributed by atoms with Crippen LogP contribution in [-0.4, -0.2) is 117 Å². The predicted molar refractivity (Wildman–Crippen MR) is 166 cm³/mol. The minimum absolute atomic E-state index is 0.0599. The molecule has 0 bridgehead atoms. The Morgan fingerprint density at radius 2 is 1.15 bits per heavy atom. The molecule has 2 heterocycles. The van der Waals surface area contributed by atoms with E-state index in [1.54, 1.807) is 0 Å². The molecule has 0 aromatic heterocycles. The van der Waals surface area contributed by atoms with Crippen molar-refractivity contribution in [2.45, 2.75) is 35.7 Å². The van der Waals surface area contributed by atoms with Crippen LogP contribution >= 0.6 is 0 Å². The maximum Gasteiger partial charge on any atom is 0.269 e. The van der Waals surface area contributed by atoms with Crippen LogP contribution in [0.4, 0.5) is 17.1 Å². The smallest absolute Gasteiger partial charge is 0.269 e. The molecule has 278 valence electrons. The normalized spacial score (nSPS) is 23.7. The van der Waals surface area contributed by atoms with E-state index in [1.807, 2.05) is 0 Å². The summed E-state index contributed by atoms with van der Waals surface area (Å²) >= 11 is 0. The monoisotopic (exact) mass is 735 g/mol. The van der Waals surface area contributed by atoms with Gasteiger partial charge in [-0.3, -0.25) is 44.7 Å². The summed E-state index contributed by atoms with van der Waals surface area (Å²) in [6, 6.07) is 13.5. The number of carbonyl (C=O) groups excluding carboxylic acids is 3. The molecule has 52 heavy (non-hydrogen) atoms. The first-order valence-electron chi connectivity index (χ1n) is 14.4. The van der Waals surface area contributed by atoms with Gasteiger partial charge in [-0.15, -0.1) is 0 Å². The van der Waals surface area contributed by atoms with E-state index in [4.69, 9.17) is 19.7 Å². The minimum atomic E-state index is -2.89. The lowest BCUT2D eigenvalue weighted by Crippen LogP contribution is -2.54. The summed E-state index contributed by atoms with van der Waals surface area (Å²) in [4.78, 5) is 63.5. The Balaban J connectivity index is 0.000000210. The zero-order valence-electron chi connectivity index (χ0n) is 26.2. The molecule has 22 heteroatoms. The van der Waals surface area contributed by atoms with Gasteiger partial charge < -0.3 is 50.3 Å². The number of Topliss-reactive ketones (excluding diaryl/α,β-unsaturated/α-hetero) is 3. The summed E-state index contributed by atoms with van der Waals surface area (Å²) in [6.07, 6.45) is -4.83. The fourth-order valence-corrected chi connectivity index (χ4v) is 4.47. The molecule has 2 saturated heterocycles. The number of aliphatic hydroxyl groups is 8. The maximum atomic E-state index is 11.5. The highest BCUT2D eigenvalue weighted by Gasteiger charge is 2.61. The Bertz CT molecular complexity index is 1820. The van der Waals surface area contributed by atoms with E-state index in [9.17, 15) is 75.4 Å². The molecular weight excluding hydrogens is 706 g/mol. The zero-order valence-corrected chi connectivity index (χ0v) is 26.2. The number of hydrogen-bond donors (Lipinski definition) is 8. The molecule has 5 unspecified atom stereocenters. The Morgan fingerprint density at radius 3 is 1.50 bits per heavy atom. The van der Waals surface area contributed by atoms with Crippen LogP contribution in [0.15, 0.2) is 72.8 Å². The van der Waals surface area contributed by atoms with Gasteiger partial charge in [0.05, 0.1) is 34.6 Å². The number of benzene rings is 3. The van der Waals surface area contributed by atoms with Gasteiger partial charge in [0.1, 0.15) is 18.3 Å². The Kier molecular flexibility index (Phi) is 12.8. The lowest BCUT2D eigenvalue weighted by molar-refractivity contribution is -0.385. The lowest BCUT2D eigenvalue weighted by Gasteiger charge is -2.32. The molecule has 22 nitrogen and oxygen atoms in total. The number of ether oxygens (including phenoxy) is 2. The first kappa shape index (κ1) is 40.9. The highest BCUT2D eigenvalue weighted by Crippen LogP contribution is 2.41. The summed E-state index contributed by atoms with van der Waals surface area (Å²) in [5.74, 6) is -10.6. The molecule has 3 aromatic rings. The molecule has 5 rings (SSSR count). The van der Waals surface area contributed by atoms with E-state index in [1.165, 1.54) is 12.1 Å². The molecule has 2 fully saturated rings. The van der Waals surface area contributed by atoms with Gasteiger partial charge >= 0.3 is 0 Å². The summed E-state index contributed by atoms with van der Waals surface area (Å²) in [5, 5.41) is 106. The number of aliphatic hydroxyl groups excluding tert-OH is 4. The maximum absolute atomic E-state index is 11.5. The Hall–Kier alpha value is -5.53. The van der Waals surface area contributed by atoms with Crippen LogP contribution in [0.1, 0.15) is 21.5 Å². The Labute approximate surface area is 289 Å². The summed E-state index contributed by atoms with van der Waals surface area (Å²) < 4.78 is 9.63. The van der Waals surface area contributed by atoms with Crippen molar-refractivity contribution in [2.75, 3.05) is 19.8 Å². The highest BCUT2D eigenvalue weighted by molar-refractivity contribution is 6.45. The first-order valence-corrected chi connectivity index (χ1v) is 14.4. The third kappa shape index (κ3) is 8.49. The van der Waals surface area contributed by atoms with Gasteiger partial charge in [-0.25, -0.2) is 0 Å². The molecule has 2 aliphatic heterocycles. The number of nitro benzene ring substituents is 3. The molecule has 3 aromatic carbocycles. The van der Waals surface area contributed by atoms with Crippen LogP contribution in [0.2, 0.25) is 0 Å². The quantitative estimate of drug-likeness (QED) is 0.0395. The standard InChI is InChI=1S/C10H11NO7.2C10H9NO6/c12-8-5-18-10(15,9(8,13)14)6-1-3-7(4-2-6)11(16)17;12-8-5-17-10(14,9(8)13)6-1-3-7(4-2-6)11(15)16;12-5-8(13)10(15)9(14)6-1-3-7(4-2-6)11(16)17/h1-4,8,12-15H,5H2;1-4,8,12,14H,5H2;1-4,8,12-13H,5H2. The third-order valence-corrected chi connectivity index (χ3v) is 7.48. The molecule has 5 atom stereocenters. The van der Waals surface area contributed by atoms with Crippen LogP contribution in [0.5, 0.6) is 0 Å². The number of nitro groups is 3. The molecule has 0 spiro atoms. The largest absolute Gasteiger partial charge is 0.393 e. The van der Waals surface area contributed by atoms with E-state index < -0.39 is 81.0 Å². The van der Waals surface area contributed by atoms with Gasteiger partial charge in [-0.05, 0) is 36.4 Å². The van der Waals surface area contributed by atoms with Gasteiger partial charge in [0, 0.05) is 53.1 Å². The molecule has 0 amide bonds. The van der Waals surface area contributed by atoms with Crippen molar-refractivity contribution in [3.63, 3.8) is 0 Å². The van der Waals surface area contributed by atoms with E-state index in [-0.39, 0.29) is 40.4 Å². The second kappa shape index (κ2) is 16.2. The lowest BCUT2D eigenvalue weighted by atomic mass is 9.95. The van der Waals surface area contributed by atoms with Gasteiger partial charge in [0.25, 0.3) is 34.4 Å². The first-order chi connectivity index (χ1) is 24.2. The van der Waals surface area contributed by atoms with E-state index >= 15 is 0 Å². The van der Waals surface area contributed by atoms with Crippen molar-refractivity contribution in [1.82, 2.24) is 0 Å².